The summed E-state index contributed by atoms with van der Waals surface area (Å²) in [6, 6.07) is 5.59. The number of nitrogens with zero attached hydrogens (tertiary/aromatic N) is 2. The van der Waals surface area contributed by atoms with Crippen LogP contribution in [0.15, 0.2) is 33.6 Å². The maximum atomic E-state index is 12.0. The van der Waals surface area contributed by atoms with Crippen LogP contribution < -0.4 is 10.2 Å². The number of morpholine rings is 1. The van der Waals surface area contributed by atoms with Crippen molar-refractivity contribution in [2.45, 2.75) is 0 Å². The van der Waals surface area contributed by atoms with Crippen LogP contribution in [0.1, 0.15) is 10.4 Å². The highest BCUT2D eigenvalue weighted by Crippen LogP contribution is 2.22. The number of anilines is 2. The van der Waals surface area contributed by atoms with Gasteiger partial charge in [0.1, 0.15) is 5.82 Å². The van der Waals surface area contributed by atoms with Crippen LogP contribution in [0.2, 0.25) is 0 Å². The zero-order chi connectivity index (χ0) is 14.7. The van der Waals surface area contributed by atoms with Crippen molar-refractivity contribution in [3.63, 3.8) is 0 Å². The molecule has 0 atom stereocenters. The minimum Gasteiger partial charge on any atom is -0.378 e. The Morgan fingerprint density at radius 2 is 2.19 bits per heavy atom. The highest BCUT2D eigenvalue weighted by atomic mass is 79.9. The molecule has 0 radical (unpaired) electrons. The number of ether oxygens (including phenoxy) is 1. The van der Waals surface area contributed by atoms with Crippen LogP contribution in [0.3, 0.4) is 0 Å². The second-order valence-electron chi connectivity index (χ2n) is 4.60. The van der Waals surface area contributed by atoms with Gasteiger partial charge in [0.05, 0.1) is 34.4 Å². The Bertz CT molecular complexity index is 623. The summed E-state index contributed by atoms with van der Waals surface area (Å²) < 4.78 is 6.26. The van der Waals surface area contributed by atoms with Crippen molar-refractivity contribution in [3.05, 3.63) is 39.1 Å². The lowest BCUT2D eigenvalue weighted by Crippen LogP contribution is -2.36. The normalized spacial score (nSPS) is 15.0. The third kappa shape index (κ3) is 3.61. The summed E-state index contributed by atoms with van der Waals surface area (Å²) in [5.41, 5.74) is 1.34. The molecule has 0 saturated carbocycles. The van der Waals surface area contributed by atoms with Crippen LogP contribution in [0.5, 0.6) is 0 Å². The molecule has 1 N–H and O–H groups in total. The van der Waals surface area contributed by atoms with E-state index in [0.717, 1.165) is 35.9 Å². The summed E-state index contributed by atoms with van der Waals surface area (Å²) in [4.78, 5) is 18.6. The molecule has 0 bridgehead atoms. The van der Waals surface area contributed by atoms with E-state index >= 15 is 0 Å². The first-order valence-electron chi connectivity index (χ1n) is 6.56. The molecule has 0 aromatic carbocycles. The first-order valence-corrected chi connectivity index (χ1v) is 8.24. The predicted octanol–water partition coefficient (Wildman–Crippen LogP) is 2.99. The molecule has 0 spiro atoms. The second-order valence-corrected chi connectivity index (χ2v) is 6.89. The predicted molar refractivity (Wildman–Crippen MR) is 87.2 cm³/mol. The van der Waals surface area contributed by atoms with E-state index < -0.39 is 0 Å². The SMILES string of the molecule is O=C(Nc1ccc(N2CCOCC2)nc1)c1csc(Br)c1. The van der Waals surface area contributed by atoms with E-state index in [2.05, 4.69) is 31.1 Å². The number of nitrogens with one attached hydrogen (secondary N) is 1. The Labute approximate surface area is 135 Å². The summed E-state index contributed by atoms with van der Waals surface area (Å²) in [5.74, 6) is 0.785. The van der Waals surface area contributed by atoms with Crippen LogP contribution in [-0.4, -0.2) is 37.2 Å². The highest BCUT2D eigenvalue weighted by Gasteiger charge is 2.13. The van der Waals surface area contributed by atoms with E-state index in [1.54, 1.807) is 12.3 Å². The molecule has 1 fully saturated rings. The summed E-state index contributed by atoms with van der Waals surface area (Å²) >= 11 is 4.84. The highest BCUT2D eigenvalue weighted by molar-refractivity contribution is 9.11. The first kappa shape index (κ1) is 14.5. The van der Waals surface area contributed by atoms with E-state index in [1.165, 1.54) is 11.3 Å². The van der Waals surface area contributed by atoms with Gasteiger partial charge in [-0.05, 0) is 34.1 Å². The molecule has 1 saturated heterocycles. The van der Waals surface area contributed by atoms with E-state index in [-0.39, 0.29) is 5.91 Å². The largest absolute Gasteiger partial charge is 0.378 e. The van der Waals surface area contributed by atoms with E-state index in [9.17, 15) is 4.79 Å². The van der Waals surface area contributed by atoms with Crippen LogP contribution in [0.25, 0.3) is 0 Å². The van der Waals surface area contributed by atoms with Crippen molar-refractivity contribution < 1.29 is 9.53 Å². The van der Waals surface area contributed by atoms with E-state index in [4.69, 9.17) is 4.74 Å². The molecule has 21 heavy (non-hydrogen) atoms. The number of pyridine rings is 1. The van der Waals surface area contributed by atoms with Crippen molar-refractivity contribution in [2.75, 3.05) is 36.5 Å². The third-order valence-corrected chi connectivity index (χ3v) is 4.67. The minimum atomic E-state index is -0.127. The second kappa shape index (κ2) is 6.55. The lowest BCUT2D eigenvalue weighted by Gasteiger charge is -2.27. The number of hydrogen-bond acceptors (Lipinski definition) is 5. The fourth-order valence-corrected chi connectivity index (χ4v) is 3.21. The van der Waals surface area contributed by atoms with Gasteiger partial charge < -0.3 is 15.0 Å². The van der Waals surface area contributed by atoms with Gasteiger partial charge in [0.15, 0.2) is 0 Å². The lowest BCUT2D eigenvalue weighted by molar-refractivity contribution is 0.102. The topological polar surface area (TPSA) is 54.5 Å². The molecule has 5 nitrogen and oxygen atoms in total. The summed E-state index contributed by atoms with van der Waals surface area (Å²) in [5, 5.41) is 4.66. The Morgan fingerprint density at radius 1 is 1.38 bits per heavy atom. The van der Waals surface area contributed by atoms with Gasteiger partial charge in [-0.25, -0.2) is 4.98 Å². The number of hydrogen-bond donors (Lipinski definition) is 1. The lowest BCUT2D eigenvalue weighted by atomic mass is 10.3. The smallest absolute Gasteiger partial charge is 0.256 e. The molecule has 2 aromatic heterocycles. The van der Waals surface area contributed by atoms with Crippen molar-refractivity contribution >= 4 is 44.7 Å². The van der Waals surface area contributed by atoms with E-state index in [1.807, 2.05) is 17.5 Å². The molecule has 2 aromatic rings. The van der Waals surface area contributed by atoms with Gasteiger partial charge >= 0.3 is 0 Å². The Hall–Kier alpha value is -1.44. The number of aromatic nitrogens is 1. The van der Waals surface area contributed by atoms with Crippen molar-refractivity contribution in [1.29, 1.82) is 0 Å². The molecular formula is C14H14BrN3O2S. The first-order chi connectivity index (χ1) is 10.2. The molecule has 7 heteroatoms. The average Bonchev–Trinajstić information content (AvgIpc) is 2.96. The molecule has 110 valence electrons. The van der Waals surface area contributed by atoms with Crippen molar-refractivity contribution in [2.24, 2.45) is 0 Å². The molecule has 0 unspecified atom stereocenters. The Balaban J connectivity index is 1.65. The number of rotatable bonds is 3. The van der Waals surface area contributed by atoms with Gasteiger partial charge in [0, 0.05) is 18.5 Å². The van der Waals surface area contributed by atoms with Gasteiger partial charge in [-0.1, -0.05) is 0 Å². The molecular weight excluding hydrogens is 354 g/mol. The zero-order valence-electron chi connectivity index (χ0n) is 11.2. The van der Waals surface area contributed by atoms with Gasteiger partial charge in [0.2, 0.25) is 0 Å². The third-order valence-electron chi connectivity index (χ3n) is 3.17. The minimum absolute atomic E-state index is 0.127. The number of amides is 1. The number of thiophene rings is 1. The van der Waals surface area contributed by atoms with Crippen molar-refractivity contribution in [1.82, 2.24) is 4.98 Å². The summed E-state index contributed by atoms with van der Waals surface area (Å²) in [6.07, 6.45) is 1.68. The van der Waals surface area contributed by atoms with Gasteiger partial charge in [0.25, 0.3) is 5.91 Å². The number of carbonyl (C=O) groups excluding carboxylic acids is 1. The van der Waals surface area contributed by atoms with Crippen molar-refractivity contribution in [3.8, 4) is 0 Å². The van der Waals surface area contributed by atoms with Crippen LogP contribution in [-0.2, 0) is 4.74 Å². The van der Waals surface area contributed by atoms with Gasteiger partial charge in [-0.15, -0.1) is 11.3 Å². The average molecular weight is 368 g/mol. The quantitative estimate of drug-likeness (QED) is 0.905. The number of halogens is 1. The van der Waals surface area contributed by atoms with Crippen LogP contribution in [0, 0.1) is 0 Å². The molecule has 3 heterocycles. The molecule has 0 aliphatic carbocycles. The number of carbonyl (C=O) groups is 1. The van der Waals surface area contributed by atoms with Crippen LogP contribution in [0.4, 0.5) is 11.5 Å². The van der Waals surface area contributed by atoms with Gasteiger partial charge in [-0.3, -0.25) is 4.79 Å². The maximum absolute atomic E-state index is 12.0. The molecule has 1 amide bonds. The molecule has 3 rings (SSSR count). The van der Waals surface area contributed by atoms with Crippen LogP contribution >= 0.6 is 27.3 Å². The standard InChI is InChI=1S/C14H14BrN3O2S/c15-12-7-10(9-21-12)14(19)17-11-1-2-13(16-8-11)18-3-5-20-6-4-18/h1-2,7-9H,3-6H2,(H,17,19). The summed E-state index contributed by atoms with van der Waals surface area (Å²) in [6.45, 7) is 3.16. The monoisotopic (exact) mass is 367 g/mol. The zero-order valence-corrected chi connectivity index (χ0v) is 13.6. The summed E-state index contributed by atoms with van der Waals surface area (Å²) in [7, 11) is 0. The fraction of sp³-hybridized carbons (Fsp3) is 0.286. The van der Waals surface area contributed by atoms with Gasteiger partial charge in [-0.2, -0.15) is 0 Å². The molecule has 1 aliphatic rings. The molecule has 1 aliphatic heterocycles. The Kier molecular flexibility index (Phi) is 4.52. The van der Waals surface area contributed by atoms with E-state index in [0.29, 0.717) is 11.3 Å². The fourth-order valence-electron chi connectivity index (χ4n) is 2.07. The maximum Gasteiger partial charge on any atom is 0.256 e. The Morgan fingerprint density at radius 3 is 2.81 bits per heavy atom.